The fourth-order valence-corrected chi connectivity index (χ4v) is 5.25. The minimum absolute atomic E-state index is 0.802. The summed E-state index contributed by atoms with van der Waals surface area (Å²) < 4.78 is 8.60. The molecule has 182 valence electrons. The number of rotatable bonds is 5. The van der Waals surface area contributed by atoms with Crippen LogP contribution in [0.2, 0.25) is 0 Å². The predicted molar refractivity (Wildman–Crippen MR) is 154 cm³/mol. The van der Waals surface area contributed by atoms with Gasteiger partial charge >= 0.3 is 0 Å². The van der Waals surface area contributed by atoms with Gasteiger partial charge in [0, 0.05) is 33.2 Å². The maximum absolute atomic E-state index is 6.48. The number of aryl methyl sites for hydroxylation is 1. The lowest BCUT2D eigenvalue weighted by atomic mass is 10.0. The Morgan fingerprint density at radius 3 is 1.82 bits per heavy atom. The number of para-hydroxylation sites is 3. The third-order valence-electron chi connectivity index (χ3n) is 7.15. The minimum Gasteiger partial charge on any atom is -0.455 e. The largest absolute Gasteiger partial charge is 0.455 e. The Hall–Kier alpha value is -4.96. The Bertz CT molecular complexity index is 1880. The summed E-state index contributed by atoms with van der Waals surface area (Å²) in [5, 5.41) is 11.5. The van der Waals surface area contributed by atoms with Gasteiger partial charge in [0.1, 0.15) is 11.2 Å². The van der Waals surface area contributed by atoms with E-state index in [-0.39, 0.29) is 0 Å². The molecule has 0 aliphatic heterocycles. The highest BCUT2D eigenvalue weighted by Gasteiger charge is 2.18. The number of aromatic nitrogens is 3. The molecule has 0 radical (unpaired) electrons. The summed E-state index contributed by atoms with van der Waals surface area (Å²) in [6.45, 7) is 2.17. The van der Waals surface area contributed by atoms with Crippen molar-refractivity contribution >= 4 is 21.9 Å². The molecule has 4 heteroatoms. The molecule has 38 heavy (non-hydrogen) atoms. The van der Waals surface area contributed by atoms with Gasteiger partial charge in [-0.1, -0.05) is 116 Å². The molecule has 0 aliphatic carbocycles. The van der Waals surface area contributed by atoms with Gasteiger partial charge in [0.2, 0.25) is 0 Å². The average molecular weight is 492 g/mol. The van der Waals surface area contributed by atoms with E-state index < -0.39 is 0 Å². The number of hydrogen-bond acceptors (Lipinski definition) is 3. The van der Waals surface area contributed by atoms with Gasteiger partial charge in [-0.2, -0.15) is 0 Å². The van der Waals surface area contributed by atoms with Crippen LogP contribution >= 0.6 is 0 Å². The summed E-state index contributed by atoms with van der Waals surface area (Å²) in [7, 11) is 0. The zero-order valence-electron chi connectivity index (χ0n) is 21.0. The van der Waals surface area contributed by atoms with Gasteiger partial charge in [0.15, 0.2) is 11.6 Å². The molecule has 4 nitrogen and oxygen atoms in total. The quantitative estimate of drug-likeness (QED) is 0.242. The molecule has 0 spiro atoms. The summed E-state index contributed by atoms with van der Waals surface area (Å²) in [6, 6.07) is 41.8. The van der Waals surface area contributed by atoms with Crippen molar-refractivity contribution in [3.63, 3.8) is 0 Å². The smallest absolute Gasteiger partial charge is 0.168 e. The normalized spacial score (nSPS) is 11.4. The van der Waals surface area contributed by atoms with Crippen LogP contribution in [-0.2, 0) is 6.42 Å². The van der Waals surface area contributed by atoms with Crippen LogP contribution in [0.4, 0.5) is 0 Å². The van der Waals surface area contributed by atoms with Crippen LogP contribution in [0.1, 0.15) is 12.5 Å². The molecule has 0 saturated heterocycles. The summed E-state index contributed by atoms with van der Waals surface area (Å²) in [5.74, 6) is 1.62. The molecule has 0 unspecified atom stereocenters. The number of nitrogens with zero attached hydrogens (tertiary/aromatic N) is 3. The molecule has 7 aromatic rings. The maximum Gasteiger partial charge on any atom is 0.168 e. The lowest BCUT2D eigenvalue weighted by Gasteiger charge is -2.11. The minimum atomic E-state index is 0.802. The Morgan fingerprint density at radius 2 is 1.13 bits per heavy atom. The number of furan rings is 1. The second kappa shape index (κ2) is 9.16. The third kappa shape index (κ3) is 3.61. The van der Waals surface area contributed by atoms with Crippen LogP contribution in [0.15, 0.2) is 126 Å². The van der Waals surface area contributed by atoms with E-state index in [0.717, 1.165) is 62.6 Å². The SMILES string of the molecule is CCc1cccc2c1oc1c(-c3ccc(-c4nnc(-c5ccccc5)n4-c4ccccc4)cc3)cccc12. The zero-order valence-corrected chi connectivity index (χ0v) is 21.0. The van der Waals surface area contributed by atoms with Gasteiger partial charge in [-0.05, 0) is 29.7 Å². The number of fused-ring (bicyclic) bond motifs is 3. The highest BCUT2D eigenvalue weighted by Crippen LogP contribution is 2.38. The summed E-state index contributed by atoms with van der Waals surface area (Å²) in [4.78, 5) is 0. The summed E-state index contributed by atoms with van der Waals surface area (Å²) in [5.41, 5.74) is 8.37. The van der Waals surface area contributed by atoms with E-state index in [0.29, 0.717) is 0 Å². The third-order valence-corrected chi connectivity index (χ3v) is 7.15. The topological polar surface area (TPSA) is 43.9 Å². The molecule has 5 aromatic carbocycles. The Kier molecular flexibility index (Phi) is 5.37. The highest BCUT2D eigenvalue weighted by atomic mass is 16.3. The molecule has 0 N–H and O–H groups in total. The molecule has 2 aromatic heterocycles. The van der Waals surface area contributed by atoms with Crippen LogP contribution < -0.4 is 0 Å². The highest BCUT2D eigenvalue weighted by molar-refractivity contribution is 6.10. The van der Waals surface area contributed by atoms with Crippen molar-refractivity contribution in [1.82, 2.24) is 14.8 Å². The van der Waals surface area contributed by atoms with Gasteiger partial charge in [-0.15, -0.1) is 10.2 Å². The predicted octanol–water partition coefficient (Wildman–Crippen LogP) is 8.73. The van der Waals surface area contributed by atoms with E-state index in [9.17, 15) is 0 Å². The van der Waals surface area contributed by atoms with Crippen molar-refractivity contribution in [3.8, 4) is 39.6 Å². The number of benzene rings is 5. The average Bonchev–Trinajstić information content (AvgIpc) is 3.60. The van der Waals surface area contributed by atoms with E-state index >= 15 is 0 Å². The van der Waals surface area contributed by atoms with Crippen LogP contribution in [0, 0.1) is 0 Å². The van der Waals surface area contributed by atoms with E-state index in [2.05, 4.69) is 107 Å². The van der Waals surface area contributed by atoms with E-state index in [4.69, 9.17) is 4.42 Å². The first-order valence-electron chi connectivity index (χ1n) is 12.9. The molecule has 0 amide bonds. The monoisotopic (exact) mass is 491 g/mol. The first kappa shape index (κ1) is 22.3. The molecule has 0 bridgehead atoms. The van der Waals surface area contributed by atoms with Crippen molar-refractivity contribution in [1.29, 1.82) is 0 Å². The molecule has 0 aliphatic rings. The zero-order chi connectivity index (χ0) is 25.5. The molecule has 0 atom stereocenters. The van der Waals surface area contributed by atoms with Crippen molar-refractivity contribution in [2.45, 2.75) is 13.3 Å². The van der Waals surface area contributed by atoms with Crippen molar-refractivity contribution in [3.05, 3.63) is 127 Å². The van der Waals surface area contributed by atoms with Crippen molar-refractivity contribution < 1.29 is 4.42 Å². The Morgan fingerprint density at radius 1 is 0.553 bits per heavy atom. The fraction of sp³-hybridized carbons (Fsp3) is 0.0588. The molecule has 0 fully saturated rings. The van der Waals surface area contributed by atoms with E-state index in [1.165, 1.54) is 10.9 Å². The summed E-state index contributed by atoms with van der Waals surface area (Å²) in [6.07, 6.45) is 0.939. The first-order valence-corrected chi connectivity index (χ1v) is 12.9. The second-order valence-corrected chi connectivity index (χ2v) is 9.39. The fourth-order valence-electron chi connectivity index (χ4n) is 5.25. The molecular formula is C34H25N3O. The molecular weight excluding hydrogens is 466 g/mol. The number of hydrogen-bond donors (Lipinski definition) is 0. The van der Waals surface area contributed by atoms with Crippen LogP contribution in [0.25, 0.3) is 61.5 Å². The molecule has 7 rings (SSSR count). The lowest BCUT2D eigenvalue weighted by Crippen LogP contribution is -2.00. The van der Waals surface area contributed by atoms with Crippen LogP contribution in [0.3, 0.4) is 0 Å². The molecule has 0 saturated carbocycles. The molecule has 2 heterocycles. The van der Waals surface area contributed by atoms with E-state index in [1.807, 2.05) is 36.4 Å². The standard InChI is InChI=1S/C34H25N3O/c1-2-23-13-9-17-29-30-18-10-16-28(32(30)38-31(23)29)24-19-21-26(22-20-24)34-36-35-33(25-11-5-3-6-12-25)37(34)27-14-7-4-8-15-27/h3-22H,2H2,1H3. The van der Waals surface area contributed by atoms with Gasteiger partial charge in [-0.25, -0.2) is 0 Å². The van der Waals surface area contributed by atoms with Gasteiger partial charge in [-0.3, -0.25) is 4.57 Å². The maximum atomic E-state index is 6.48. The first-order chi connectivity index (χ1) is 18.8. The van der Waals surface area contributed by atoms with Crippen molar-refractivity contribution in [2.75, 3.05) is 0 Å². The van der Waals surface area contributed by atoms with Crippen LogP contribution in [0.5, 0.6) is 0 Å². The lowest BCUT2D eigenvalue weighted by molar-refractivity contribution is 0.664. The van der Waals surface area contributed by atoms with Gasteiger partial charge < -0.3 is 4.42 Å². The van der Waals surface area contributed by atoms with Gasteiger partial charge in [0.25, 0.3) is 0 Å². The summed E-state index contributed by atoms with van der Waals surface area (Å²) >= 11 is 0. The van der Waals surface area contributed by atoms with Crippen LogP contribution in [-0.4, -0.2) is 14.8 Å². The van der Waals surface area contributed by atoms with Gasteiger partial charge in [0.05, 0.1) is 0 Å². The van der Waals surface area contributed by atoms with Crippen molar-refractivity contribution in [2.24, 2.45) is 0 Å². The Balaban J connectivity index is 1.35. The second-order valence-electron chi connectivity index (χ2n) is 9.39. The Labute approximate surface area is 220 Å². The van der Waals surface area contributed by atoms with E-state index in [1.54, 1.807) is 0 Å².